The summed E-state index contributed by atoms with van der Waals surface area (Å²) in [4.78, 5) is 24.1. The average Bonchev–Trinajstić information content (AvgIpc) is 2.84. The molecule has 0 bridgehead atoms. The molecule has 1 N–H and O–H groups in total. The quantitative estimate of drug-likeness (QED) is 0.733. The first-order valence-electron chi connectivity index (χ1n) is 5.34. The summed E-state index contributed by atoms with van der Waals surface area (Å²) in [5.74, 6) is 0.204. The third-order valence-electron chi connectivity index (χ3n) is 2.40. The molecule has 3 aromatic rings. The second kappa shape index (κ2) is 4.25. The minimum absolute atomic E-state index is 0.294. The van der Waals surface area contributed by atoms with Gasteiger partial charge in [-0.3, -0.25) is 9.78 Å². The highest BCUT2D eigenvalue weighted by Gasteiger charge is 2.11. The lowest BCUT2D eigenvalue weighted by atomic mass is 10.4. The third kappa shape index (κ3) is 1.91. The molecule has 0 fully saturated rings. The zero-order chi connectivity index (χ0) is 12.4. The van der Waals surface area contributed by atoms with Crippen LogP contribution in [0.5, 0.6) is 0 Å². The smallest absolute Gasteiger partial charge is 0.277 e. The molecule has 0 aliphatic heterocycles. The first-order valence-corrected chi connectivity index (χ1v) is 5.34. The fourth-order valence-electron chi connectivity index (χ4n) is 1.57. The molecule has 0 atom stereocenters. The molecule has 0 unspecified atom stereocenters. The van der Waals surface area contributed by atoms with E-state index in [4.69, 9.17) is 0 Å². The van der Waals surface area contributed by atoms with Crippen molar-refractivity contribution in [2.45, 2.75) is 0 Å². The summed E-state index contributed by atoms with van der Waals surface area (Å²) in [7, 11) is 0. The lowest BCUT2D eigenvalue weighted by Gasteiger charge is -2.00. The first-order chi connectivity index (χ1) is 8.83. The van der Waals surface area contributed by atoms with E-state index in [9.17, 15) is 4.79 Å². The Bertz CT molecular complexity index is 659. The molecule has 0 aliphatic rings. The molecular weight excluding hydrogens is 230 g/mol. The van der Waals surface area contributed by atoms with Crippen LogP contribution in [0.2, 0.25) is 0 Å². The number of nitrogens with one attached hydrogen (secondary N) is 1. The predicted molar refractivity (Wildman–Crippen MR) is 65.2 cm³/mol. The minimum Gasteiger partial charge on any atom is -0.305 e. The van der Waals surface area contributed by atoms with Gasteiger partial charge in [-0.15, -0.1) is 0 Å². The van der Waals surface area contributed by atoms with Gasteiger partial charge >= 0.3 is 0 Å². The number of rotatable bonds is 2. The van der Waals surface area contributed by atoms with Gasteiger partial charge in [0, 0.05) is 24.8 Å². The van der Waals surface area contributed by atoms with Crippen LogP contribution in [0.4, 0.5) is 5.82 Å². The highest BCUT2D eigenvalue weighted by molar-refractivity contribution is 6.02. The second-order valence-electron chi connectivity index (χ2n) is 3.64. The Morgan fingerprint density at radius 3 is 3.00 bits per heavy atom. The Hall–Kier alpha value is -2.76. The normalized spacial score (nSPS) is 10.4. The van der Waals surface area contributed by atoms with E-state index in [-0.39, 0.29) is 5.91 Å². The van der Waals surface area contributed by atoms with E-state index in [1.54, 1.807) is 53.6 Å². The lowest BCUT2D eigenvalue weighted by Crippen LogP contribution is -2.13. The van der Waals surface area contributed by atoms with Gasteiger partial charge in [0.05, 0.1) is 6.20 Å². The second-order valence-corrected chi connectivity index (χ2v) is 3.64. The number of carbonyl (C=O) groups is 1. The summed E-state index contributed by atoms with van der Waals surface area (Å²) in [6, 6.07) is 5.30. The van der Waals surface area contributed by atoms with Gasteiger partial charge in [0.2, 0.25) is 0 Å². The van der Waals surface area contributed by atoms with Crippen LogP contribution in [0.3, 0.4) is 0 Å². The van der Waals surface area contributed by atoms with Crippen molar-refractivity contribution in [3.05, 3.63) is 54.9 Å². The Kier molecular flexibility index (Phi) is 2.45. The van der Waals surface area contributed by atoms with Crippen molar-refractivity contribution < 1.29 is 4.79 Å². The monoisotopic (exact) mass is 239 g/mol. The zero-order valence-corrected chi connectivity index (χ0v) is 9.32. The van der Waals surface area contributed by atoms with Gasteiger partial charge in [0.15, 0.2) is 5.65 Å². The molecule has 3 heterocycles. The van der Waals surface area contributed by atoms with Crippen molar-refractivity contribution in [1.29, 1.82) is 0 Å². The van der Waals surface area contributed by atoms with Crippen molar-refractivity contribution in [3.63, 3.8) is 0 Å². The molecule has 0 saturated carbocycles. The van der Waals surface area contributed by atoms with Gasteiger partial charge in [-0.05, 0) is 12.1 Å². The highest BCUT2D eigenvalue weighted by atomic mass is 16.2. The van der Waals surface area contributed by atoms with Gasteiger partial charge < -0.3 is 9.72 Å². The average molecular weight is 239 g/mol. The molecule has 3 aromatic heterocycles. The minimum atomic E-state index is -0.294. The number of fused-ring (bicyclic) bond motifs is 1. The third-order valence-corrected chi connectivity index (χ3v) is 2.40. The van der Waals surface area contributed by atoms with Gasteiger partial charge in [-0.2, -0.15) is 0 Å². The number of hydrogen-bond acceptors (Lipinski definition) is 4. The Labute approximate surface area is 102 Å². The van der Waals surface area contributed by atoms with Gasteiger partial charge in [0.25, 0.3) is 5.91 Å². The van der Waals surface area contributed by atoms with Crippen molar-refractivity contribution >= 4 is 17.4 Å². The number of aromatic nitrogens is 4. The van der Waals surface area contributed by atoms with E-state index >= 15 is 0 Å². The molecule has 0 aromatic carbocycles. The maximum Gasteiger partial charge on any atom is 0.277 e. The maximum absolute atomic E-state index is 11.9. The summed E-state index contributed by atoms with van der Waals surface area (Å²) < 4.78 is 1.74. The van der Waals surface area contributed by atoms with Crippen LogP contribution in [0.1, 0.15) is 10.5 Å². The number of pyridine rings is 1. The molecule has 0 saturated heterocycles. The summed E-state index contributed by atoms with van der Waals surface area (Å²) in [6.45, 7) is 0. The Morgan fingerprint density at radius 2 is 2.22 bits per heavy atom. The first kappa shape index (κ1) is 10.4. The fraction of sp³-hybridized carbons (Fsp3) is 0. The number of imidazole rings is 1. The fourth-order valence-corrected chi connectivity index (χ4v) is 1.57. The van der Waals surface area contributed by atoms with Gasteiger partial charge in [0.1, 0.15) is 11.5 Å². The van der Waals surface area contributed by atoms with Crippen molar-refractivity contribution in [2.75, 3.05) is 5.32 Å². The molecule has 6 nitrogen and oxygen atoms in total. The molecule has 3 rings (SSSR count). The maximum atomic E-state index is 11.9. The summed E-state index contributed by atoms with van der Waals surface area (Å²) in [5, 5.41) is 2.67. The number of amides is 1. The largest absolute Gasteiger partial charge is 0.305 e. The van der Waals surface area contributed by atoms with Crippen LogP contribution >= 0.6 is 0 Å². The lowest BCUT2D eigenvalue weighted by molar-refractivity contribution is 0.102. The summed E-state index contributed by atoms with van der Waals surface area (Å²) in [5.41, 5.74) is 0.956. The van der Waals surface area contributed by atoms with E-state index in [1.807, 2.05) is 0 Å². The number of carbonyl (C=O) groups excluding carboxylic acids is 1. The van der Waals surface area contributed by atoms with E-state index < -0.39 is 0 Å². The number of nitrogens with zero attached hydrogens (tertiary/aromatic N) is 4. The van der Waals surface area contributed by atoms with Gasteiger partial charge in [-0.1, -0.05) is 6.07 Å². The SMILES string of the molecule is O=C(Nc1ccccn1)c1cn2ccncc2n1. The van der Waals surface area contributed by atoms with Crippen molar-refractivity contribution in [3.8, 4) is 0 Å². The van der Waals surface area contributed by atoms with E-state index in [0.717, 1.165) is 0 Å². The standard InChI is InChI=1S/C12H9N5O/c18-12(16-10-3-1-2-4-14-10)9-8-17-6-5-13-7-11(17)15-9/h1-8H,(H,14,16,18). The molecular formula is C12H9N5O. The van der Waals surface area contributed by atoms with Crippen LogP contribution in [-0.4, -0.2) is 25.3 Å². The van der Waals surface area contributed by atoms with E-state index in [0.29, 0.717) is 17.2 Å². The predicted octanol–water partition coefficient (Wildman–Crippen LogP) is 1.38. The van der Waals surface area contributed by atoms with Crippen molar-refractivity contribution in [2.24, 2.45) is 0 Å². The Morgan fingerprint density at radius 1 is 1.28 bits per heavy atom. The molecule has 1 amide bonds. The summed E-state index contributed by atoms with van der Waals surface area (Å²) in [6.07, 6.45) is 8.23. The van der Waals surface area contributed by atoms with Crippen LogP contribution in [0, 0.1) is 0 Å². The molecule has 18 heavy (non-hydrogen) atoms. The topological polar surface area (TPSA) is 72.2 Å². The van der Waals surface area contributed by atoms with E-state index in [1.165, 1.54) is 0 Å². The molecule has 0 spiro atoms. The Balaban J connectivity index is 1.88. The molecule has 0 radical (unpaired) electrons. The van der Waals surface area contributed by atoms with E-state index in [2.05, 4.69) is 20.3 Å². The van der Waals surface area contributed by atoms with Crippen LogP contribution < -0.4 is 5.32 Å². The highest BCUT2D eigenvalue weighted by Crippen LogP contribution is 2.06. The van der Waals surface area contributed by atoms with Crippen LogP contribution in [-0.2, 0) is 0 Å². The molecule has 6 heteroatoms. The molecule has 0 aliphatic carbocycles. The number of anilines is 1. The van der Waals surface area contributed by atoms with Gasteiger partial charge in [-0.25, -0.2) is 9.97 Å². The molecule has 88 valence electrons. The van der Waals surface area contributed by atoms with Crippen LogP contribution in [0.25, 0.3) is 5.65 Å². The van der Waals surface area contributed by atoms with Crippen molar-refractivity contribution in [1.82, 2.24) is 19.4 Å². The zero-order valence-electron chi connectivity index (χ0n) is 9.32. The van der Waals surface area contributed by atoms with Crippen LogP contribution in [0.15, 0.2) is 49.2 Å². The number of hydrogen-bond donors (Lipinski definition) is 1. The summed E-state index contributed by atoms with van der Waals surface area (Å²) >= 11 is 0.